The second-order valence-corrected chi connectivity index (χ2v) is 6.48. The lowest BCUT2D eigenvalue weighted by Crippen LogP contribution is -2.55. The van der Waals surface area contributed by atoms with Crippen LogP contribution < -0.4 is 11.1 Å². The van der Waals surface area contributed by atoms with Crippen molar-refractivity contribution in [3.05, 3.63) is 35.9 Å². The van der Waals surface area contributed by atoms with Crippen LogP contribution in [0.5, 0.6) is 0 Å². The van der Waals surface area contributed by atoms with Crippen molar-refractivity contribution in [2.45, 2.75) is 46.2 Å². The smallest absolute Gasteiger partial charge is 0.246 e. The molecule has 0 saturated carbocycles. The molecule has 3 amide bonds. The zero-order valence-corrected chi connectivity index (χ0v) is 14.8. The fourth-order valence-corrected chi connectivity index (χ4v) is 2.38. The van der Waals surface area contributed by atoms with E-state index >= 15 is 0 Å². The number of carbonyl (C=O) groups is 3. The average Bonchev–Trinajstić information content (AvgIpc) is 2.50. The summed E-state index contributed by atoms with van der Waals surface area (Å²) in [5.41, 5.74) is 6.11. The lowest BCUT2D eigenvalue weighted by Gasteiger charge is -2.31. The molecule has 132 valence electrons. The maximum atomic E-state index is 12.8. The highest BCUT2D eigenvalue weighted by Crippen LogP contribution is 2.10. The second kappa shape index (κ2) is 9.05. The third-order valence-corrected chi connectivity index (χ3v) is 3.69. The Kier molecular flexibility index (Phi) is 7.42. The van der Waals surface area contributed by atoms with Gasteiger partial charge in [-0.25, -0.2) is 0 Å². The molecule has 0 fully saturated rings. The number of rotatable bonds is 8. The monoisotopic (exact) mass is 333 g/mol. The van der Waals surface area contributed by atoms with Gasteiger partial charge >= 0.3 is 0 Å². The van der Waals surface area contributed by atoms with Crippen LogP contribution in [0.1, 0.15) is 33.3 Å². The van der Waals surface area contributed by atoms with E-state index in [9.17, 15) is 14.4 Å². The Morgan fingerprint density at radius 2 is 1.67 bits per heavy atom. The quantitative estimate of drug-likeness (QED) is 0.746. The highest BCUT2D eigenvalue weighted by molar-refractivity contribution is 5.91. The summed E-state index contributed by atoms with van der Waals surface area (Å²) in [6.07, 6.45) is 0.203. The number of amides is 3. The van der Waals surface area contributed by atoms with E-state index in [0.717, 1.165) is 5.56 Å². The first kappa shape index (κ1) is 19.7. The molecule has 0 radical (unpaired) electrons. The van der Waals surface area contributed by atoms with Gasteiger partial charge < -0.3 is 16.0 Å². The molecule has 1 unspecified atom stereocenters. The molecule has 0 aliphatic rings. The zero-order valence-electron chi connectivity index (χ0n) is 14.8. The van der Waals surface area contributed by atoms with E-state index < -0.39 is 11.9 Å². The number of nitrogens with one attached hydrogen (secondary N) is 1. The minimum atomic E-state index is -0.692. The number of hydrogen-bond donors (Lipinski definition) is 2. The Hall–Kier alpha value is -2.37. The van der Waals surface area contributed by atoms with Gasteiger partial charge in [-0.05, 0) is 25.3 Å². The fourth-order valence-electron chi connectivity index (χ4n) is 2.38. The number of nitrogens with two attached hydrogens (primary N) is 1. The van der Waals surface area contributed by atoms with Crippen molar-refractivity contribution in [3.63, 3.8) is 0 Å². The normalized spacial score (nSPS) is 12.1. The van der Waals surface area contributed by atoms with Crippen LogP contribution in [0.15, 0.2) is 30.3 Å². The van der Waals surface area contributed by atoms with Crippen LogP contribution in [-0.4, -0.2) is 41.2 Å². The topological polar surface area (TPSA) is 92.5 Å². The number of hydrogen-bond acceptors (Lipinski definition) is 3. The van der Waals surface area contributed by atoms with E-state index in [2.05, 4.69) is 5.32 Å². The van der Waals surface area contributed by atoms with Crippen LogP contribution in [-0.2, 0) is 20.8 Å². The molecule has 24 heavy (non-hydrogen) atoms. The molecule has 6 heteroatoms. The van der Waals surface area contributed by atoms with Gasteiger partial charge in [-0.1, -0.05) is 44.2 Å². The number of primary amides is 1. The summed E-state index contributed by atoms with van der Waals surface area (Å²) in [5, 5.41) is 2.79. The molecule has 1 atom stereocenters. The van der Waals surface area contributed by atoms with Gasteiger partial charge in [-0.2, -0.15) is 0 Å². The Morgan fingerprint density at radius 3 is 2.12 bits per heavy atom. The van der Waals surface area contributed by atoms with Crippen molar-refractivity contribution < 1.29 is 14.4 Å². The predicted molar refractivity (Wildman–Crippen MR) is 93.0 cm³/mol. The van der Waals surface area contributed by atoms with Crippen LogP contribution in [0.25, 0.3) is 0 Å². The maximum absolute atomic E-state index is 12.8. The second-order valence-electron chi connectivity index (χ2n) is 6.48. The Labute approximate surface area is 143 Å². The summed E-state index contributed by atoms with van der Waals surface area (Å²) in [4.78, 5) is 37.6. The molecule has 0 bridgehead atoms. The number of carbonyl (C=O) groups excluding carboxylic acids is 3. The van der Waals surface area contributed by atoms with Gasteiger partial charge in [0, 0.05) is 6.04 Å². The van der Waals surface area contributed by atoms with Crippen molar-refractivity contribution in [1.29, 1.82) is 0 Å². The van der Waals surface area contributed by atoms with Gasteiger partial charge in [0.25, 0.3) is 0 Å². The van der Waals surface area contributed by atoms with E-state index in [1.54, 1.807) is 0 Å². The molecule has 3 N–H and O–H groups in total. The van der Waals surface area contributed by atoms with E-state index in [0.29, 0.717) is 0 Å². The van der Waals surface area contributed by atoms with Crippen molar-refractivity contribution >= 4 is 17.7 Å². The van der Waals surface area contributed by atoms with Gasteiger partial charge in [0.2, 0.25) is 17.7 Å². The third-order valence-electron chi connectivity index (χ3n) is 3.69. The van der Waals surface area contributed by atoms with Crippen LogP contribution in [0.3, 0.4) is 0 Å². The summed E-state index contributed by atoms with van der Waals surface area (Å²) < 4.78 is 0. The van der Waals surface area contributed by atoms with Crippen LogP contribution in [0.2, 0.25) is 0 Å². The van der Waals surface area contributed by atoms with Gasteiger partial charge in [-0.3, -0.25) is 14.4 Å². The van der Waals surface area contributed by atoms with Gasteiger partial charge in [0.1, 0.15) is 6.04 Å². The molecule has 6 nitrogen and oxygen atoms in total. The Morgan fingerprint density at radius 1 is 1.08 bits per heavy atom. The standard InChI is InChI=1S/C18H27N3O3/c1-12(2)17(18(24)21(13(3)4)11-15(19)22)20-16(23)10-14-8-6-5-7-9-14/h5-9,12-13,17H,10-11H2,1-4H3,(H2,19,22)(H,20,23). The van der Waals surface area contributed by atoms with Crippen molar-refractivity contribution in [2.75, 3.05) is 6.54 Å². The van der Waals surface area contributed by atoms with Crippen LogP contribution in [0.4, 0.5) is 0 Å². The molecule has 1 rings (SSSR count). The predicted octanol–water partition coefficient (Wildman–Crippen LogP) is 1.09. The Balaban J connectivity index is 2.83. The molecule has 0 saturated heterocycles. The molecule has 0 heterocycles. The minimum Gasteiger partial charge on any atom is -0.368 e. The summed E-state index contributed by atoms with van der Waals surface area (Å²) in [6.45, 7) is 7.17. The van der Waals surface area contributed by atoms with Gasteiger partial charge in [-0.15, -0.1) is 0 Å². The van der Waals surface area contributed by atoms with E-state index in [4.69, 9.17) is 5.73 Å². The van der Waals surface area contributed by atoms with Crippen molar-refractivity contribution in [3.8, 4) is 0 Å². The molecule has 0 aromatic heterocycles. The molecule has 1 aromatic rings. The van der Waals surface area contributed by atoms with E-state index in [1.165, 1.54) is 4.90 Å². The van der Waals surface area contributed by atoms with Crippen LogP contribution in [0, 0.1) is 5.92 Å². The molecule has 0 aliphatic carbocycles. The molecular formula is C18H27N3O3. The summed E-state index contributed by atoms with van der Waals surface area (Å²) in [5.74, 6) is -1.20. The SMILES string of the molecule is CC(C)C(NC(=O)Cc1ccccc1)C(=O)N(CC(N)=O)C(C)C. The van der Waals surface area contributed by atoms with Crippen molar-refractivity contribution in [1.82, 2.24) is 10.2 Å². The highest BCUT2D eigenvalue weighted by Gasteiger charge is 2.30. The lowest BCUT2D eigenvalue weighted by molar-refractivity contribution is -0.141. The Bertz CT molecular complexity index is 570. The first-order chi connectivity index (χ1) is 11.2. The largest absolute Gasteiger partial charge is 0.368 e. The first-order valence-corrected chi connectivity index (χ1v) is 8.14. The first-order valence-electron chi connectivity index (χ1n) is 8.14. The molecular weight excluding hydrogens is 306 g/mol. The minimum absolute atomic E-state index is 0.105. The average molecular weight is 333 g/mol. The molecule has 0 aliphatic heterocycles. The molecule has 0 spiro atoms. The van der Waals surface area contributed by atoms with E-state index in [1.807, 2.05) is 58.0 Å². The summed E-state index contributed by atoms with van der Waals surface area (Å²) >= 11 is 0. The highest BCUT2D eigenvalue weighted by atomic mass is 16.2. The lowest BCUT2D eigenvalue weighted by atomic mass is 10.0. The maximum Gasteiger partial charge on any atom is 0.246 e. The summed E-state index contributed by atoms with van der Waals surface area (Å²) in [6, 6.07) is 8.45. The zero-order chi connectivity index (χ0) is 18.3. The number of benzene rings is 1. The fraction of sp³-hybridized carbons (Fsp3) is 0.500. The van der Waals surface area contributed by atoms with E-state index in [-0.39, 0.29) is 36.7 Å². The summed E-state index contributed by atoms with van der Waals surface area (Å²) in [7, 11) is 0. The number of nitrogens with zero attached hydrogens (tertiary/aromatic N) is 1. The van der Waals surface area contributed by atoms with Gasteiger partial charge in [0.15, 0.2) is 0 Å². The third kappa shape index (κ3) is 6.02. The van der Waals surface area contributed by atoms with Crippen molar-refractivity contribution in [2.24, 2.45) is 11.7 Å². The van der Waals surface area contributed by atoms with Gasteiger partial charge in [0.05, 0.1) is 13.0 Å². The van der Waals surface area contributed by atoms with Crippen LogP contribution >= 0.6 is 0 Å². The molecule has 1 aromatic carbocycles.